The first-order valence-electron chi connectivity index (χ1n) is 9.72. The van der Waals surface area contributed by atoms with Gasteiger partial charge >= 0.3 is 0 Å². The van der Waals surface area contributed by atoms with Gasteiger partial charge < -0.3 is 14.2 Å². The highest BCUT2D eigenvalue weighted by Gasteiger charge is 2.27. The molecule has 0 atom stereocenters. The predicted octanol–water partition coefficient (Wildman–Crippen LogP) is 3.31. The minimum absolute atomic E-state index is 0.0734. The number of hydrogen-bond donors (Lipinski definition) is 1. The Hall–Kier alpha value is -3.24. The van der Waals surface area contributed by atoms with E-state index in [1.165, 1.54) is 34.6 Å². The van der Waals surface area contributed by atoms with Gasteiger partial charge in [0.15, 0.2) is 10.9 Å². The minimum atomic E-state index is -0.628. The highest BCUT2D eigenvalue weighted by atomic mass is 35.5. The van der Waals surface area contributed by atoms with Gasteiger partial charge in [0.2, 0.25) is 5.91 Å². The Balaban J connectivity index is 1.29. The molecule has 0 radical (unpaired) electrons. The first kappa shape index (κ1) is 22.0. The van der Waals surface area contributed by atoms with Gasteiger partial charge in [0.05, 0.1) is 23.9 Å². The number of aromatic nitrogens is 1. The first-order valence-corrected chi connectivity index (χ1v) is 11.0. The van der Waals surface area contributed by atoms with E-state index in [0.29, 0.717) is 23.9 Å². The average Bonchev–Trinajstić information content (AvgIpc) is 3.47. The summed E-state index contributed by atoms with van der Waals surface area (Å²) in [6.07, 6.45) is 1.48. The molecule has 1 fully saturated rings. The second-order valence-corrected chi connectivity index (χ2v) is 8.34. The molecule has 1 aromatic carbocycles. The zero-order chi connectivity index (χ0) is 22.7. The maximum atomic E-state index is 14.0. The van der Waals surface area contributed by atoms with Crippen molar-refractivity contribution in [2.24, 2.45) is 0 Å². The van der Waals surface area contributed by atoms with Crippen LogP contribution in [-0.2, 0) is 11.2 Å². The Labute approximate surface area is 191 Å². The Morgan fingerprint density at radius 3 is 2.62 bits per heavy atom. The van der Waals surface area contributed by atoms with Crippen LogP contribution in [0.1, 0.15) is 26.6 Å². The third-order valence-electron chi connectivity index (χ3n) is 4.93. The lowest BCUT2D eigenvalue weighted by Gasteiger charge is -2.34. The first-order chi connectivity index (χ1) is 15.4. The minimum Gasteiger partial charge on any atom is -0.459 e. The summed E-state index contributed by atoms with van der Waals surface area (Å²) in [6, 6.07) is 7.00. The summed E-state index contributed by atoms with van der Waals surface area (Å²) in [5, 5.41) is 4.98. The average molecular weight is 477 g/mol. The van der Waals surface area contributed by atoms with Crippen molar-refractivity contribution in [1.29, 1.82) is 0 Å². The van der Waals surface area contributed by atoms with Crippen molar-refractivity contribution in [2.75, 3.05) is 31.5 Å². The summed E-state index contributed by atoms with van der Waals surface area (Å²) in [6.45, 7) is 1.24. The van der Waals surface area contributed by atoms with Crippen molar-refractivity contribution in [3.05, 3.63) is 69.8 Å². The number of benzene rings is 1. The molecule has 3 aromatic rings. The number of anilines is 1. The Morgan fingerprint density at radius 2 is 1.91 bits per heavy atom. The number of thiazole rings is 1. The standard InChI is InChI=1S/C21H18ClFN4O4S/c22-13-3-4-16(23)15(10-13)20(30)27-7-5-26(6-8-27)18(28)11-14-12-32-21(24-14)25-19(29)17-2-1-9-31-17/h1-4,9-10,12H,5-8,11H2,(H,24,25,29). The van der Waals surface area contributed by atoms with Gasteiger partial charge in [-0.25, -0.2) is 9.37 Å². The second kappa shape index (κ2) is 9.49. The summed E-state index contributed by atoms with van der Waals surface area (Å²) >= 11 is 7.09. The van der Waals surface area contributed by atoms with Gasteiger partial charge in [0.1, 0.15) is 5.82 Å². The quantitative estimate of drug-likeness (QED) is 0.609. The summed E-state index contributed by atoms with van der Waals surface area (Å²) < 4.78 is 19.0. The number of piperazine rings is 1. The molecule has 0 aliphatic carbocycles. The number of furan rings is 1. The van der Waals surface area contributed by atoms with Crippen molar-refractivity contribution in [3.63, 3.8) is 0 Å². The molecule has 0 unspecified atom stereocenters. The van der Waals surface area contributed by atoms with E-state index in [0.717, 1.165) is 6.07 Å². The zero-order valence-corrected chi connectivity index (χ0v) is 18.3. The van der Waals surface area contributed by atoms with E-state index in [2.05, 4.69) is 10.3 Å². The molecule has 0 bridgehead atoms. The molecule has 3 amide bonds. The summed E-state index contributed by atoms with van der Waals surface area (Å²) in [4.78, 5) is 44.6. The van der Waals surface area contributed by atoms with Crippen molar-refractivity contribution in [2.45, 2.75) is 6.42 Å². The summed E-state index contributed by atoms with van der Waals surface area (Å²) in [5.74, 6) is -1.47. The van der Waals surface area contributed by atoms with Crippen LogP contribution in [0.4, 0.5) is 9.52 Å². The van der Waals surface area contributed by atoms with Gasteiger partial charge in [-0.05, 0) is 30.3 Å². The van der Waals surface area contributed by atoms with Gasteiger partial charge in [0, 0.05) is 36.6 Å². The van der Waals surface area contributed by atoms with Crippen LogP contribution in [0, 0.1) is 5.82 Å². The van der Waals surface area contributed by atoms with E-state index in [4.69, 9.17) is 16.0 Å². The fourth-order valence-corrected chi connectivity index (χ4v) is 4.15. The number of rotatable bonds is 5. The lowest BCUT2D eigenvalue weighted by Crippen LogP contribution is -2.51. The van der Waals surface area contributed by atoms with Crippen LogP contribution < -0.4 is 5.32 Å². The monoisotopic (exact) mass is 476 g/mol. The Morgan fingerprint density at radius 1 is 1.16 bits per heavy atom. The molecule has 11 heteroatoms. The maximum Gasteiger partial charge on any atom is 0.293 e. The van der Waals surface area contributed by atoms with E-state index in [1.807, 2.05) is 0 Å². The van der Waals surface area contributed by atoms with Crippen LogP contribution >= 0.6 is 22.9 Å². The molecule has 1 saturated heterocycles. The number of amides is 3. The molecule has 0 saturated carbocycles. The van der Waals surface area contributed by atoms with Gasteiger partial charge in [-0.1, -0.05) is 11.6 Å². The van der Waals surface area contributed by atoms with E-state index < -0.39 is 17.6 Å². The third kappa shape index (κ3) is 4.97. The molecule has 3 heterocycles. The highest BCUT2D eigenvalue weighted by Crippen LogP contribution is 2.20. The lowest BCUT2D eigenvalue weighted by molar-refractivity contribution is -0.132. The molecule has 1 aliphatic heterocycles. The molecule has 166 valence electrons. The van der Waals surface area contributed by atoms with Crippen LogP contribution in [0.15, 0.2) is 46.4 Å². The number of halogens is 2. The smallest absolute Gasteiger partial charge is 0.293 e. The maximum absolute atomic E-state index is 14.0. The van der Waals surface area contributed by atoms with Gasteiger partial charge in [0.25, 0.3) is 11.8 Å². The number of carbonyl (C=O) groups is 3. The molecule has 32 heavy (non-hydrogen) atoms. The lowest BCUT2D eigenvalue weighted by atomic mass is 10.1. The van der Waals surface area contributed by atoms with E-state index in [9.17, 15) is 18.8 Å². The van der Waals surface area contributed by atoms with E-state index in [1.54, 1.807) is 22.4 Å². The number of nitrogens with one attached hydrogen (secondary N) is 1. The number of hydrogen-bond acceptors (Lipinski definition) is 6. The van der Waals surface area contributed by atoms with Crippen molar-refractivity contribution < 1.29 is 23.2 Å². The molecular weight excluding hydrogens is 459 g/mol. The van der Waals surface area contributed by atoms with Gasteiger partial charge in [-0.3, -0.25) is 19.7 Å². The summed E-state index contributed by atoms with van der Waals surface area (Å²) in [7, 11) is 0. The molecule has 0 spiro atoms. The molecule has 2 aromatic heterocycles. The Bertz CT molecular complexity index is 1140. The van der Waals surface area contributed by atoms with Crippen LogP contribution in [0.5, 0.6) is 0 Å². The molecule has 1 N–H and O–H groups in total. The van der Waals surface area contributed by atoms with Crippen molar-refractivity contribution in [3.8, 4) is 0 Å². The molecule has 4 rings (SSSR count). The van der Waals surface area contributed by atoms with Crippen LogP contribution in [0.25, 0.3) is 0 Å². The SMILES string of the molecule is O=C(Nc1nc(CC(=O)N2CCN(C(=O)c3cc(Cl)ccc3F)CC2)cs1)c1ccco1. The largest absolute Gasteiger partial charge is 0.459 e. The van der Waals surface area contributed by atoms with Gasteiger partial charge in [-0.2, -0.15) is 0 Å². The molecule has 1 aliphatic rings. The van der Waals surface area contributed by atoms with Gasteiger partial charge in [-0.15, -0.1) is 11.3 Å². The van der Waals surface area contributed by atoms with Crippen molar-refractivity contribution >= 4 is 45.8 Å². The zero-order valence-electron chi connectivity index (χ0n) is 16.7. The third-order valence-corrected chi connectivity index (χ3v) is 5.97. The summed E-state index contributed by atoms with van der Waals surface area (Å²) in [5.41, 5.74) is 0.457. The number of nitrogens with zero attached hydrogens (tertiary/aromatic N) is 3. The second-order valence-electron chi connectivity index (χ2n) is 7.05. The van der Waals surface area contributed by atoms with Crippen LogP contribution in [0.3, 0.4) is 0 Å². The Kier molecular flexibility index (Phi) is 6.52. The fourth-order valence-electron chi connectivity index (χ4n) is 3.27. The normalized spacial score (nSPS) is 13.8. The van der Waals surface area contributed by atoms with Crippen LogP contribution in [-0.4, -0.2) is 58.7 Å². The molecule has 8 nitrogen and oxygen atoms in total. The predicted molar refractivity (Wildman–Crippen MR) is 116 cm³/mol. The van der Waals surface area contributed by atoms with E-state index >= 15 is 0 Å². The highest BCUT2D eigenvalue weighted by molar-refractivity contribution is 7.14. The van der Waals surface area contributed by atoms with Crippen LogP contribution in [0.2, 0.25) is 5.02 Å². The van der Waals surface area contributed by atoms with E-state index in [-0.39, 0.29) is 41.8 Å². The topological polar surface area (TPSA) is 95.8 Å². The molecular formula is C21H18ClFN4O4S. The fraction of sp³-hybridized carbons (Fsp3) is 0.238. The number of carbonyl (C=O) groups excluding carboxylic acids is 3. The van der Waals surface area contributed by atoms with Crippen molar-refractivity contribution in [1.82, 2.24) is 14.8 Å².